The molecule has 1 aliphatic heterocycles. The van der Waals surface area contributed by atoms with Gasteiger partial charge in [-0.1, -0.05) is 54.1 Å². The van der Waals surface area contributed by atoms with Crippen molar-refractivity contribution in [1.82, 2.24) is 0 Å². The first kappa shape index (κ1) is 22.3. The zero-order valence-corrected chi connectivity index (χ0v) is 18.5. The predicted octanol–water partition coefficient (Wildman–Crippen LogP) is 5.14. The molecule has 33 heavy (non-hydrogen) atoms. The van der Waals surface area contributed by atoms with E-state index < -0.39 is 23.7 Å². The Morgan fingerprint density at radius 3 is 2.18 bits per heavy atom. The summed E-state index contributed by atoms with van der Waals surface area (Å²) in [5.74, 6) is -2.33. The molecule has 0 aromatic heterocycles. The lowest BCUT2D eigenvalue weighted by Gasteiger charge is -2.25. The fourth-order valence-corrected chi connectivity index (χ4v) is 3.91. The van der Waals surface area contributed by atoms with Gasteiger partial charge in [0, 0.05) is 16.3 Å². The van der Waals surface area contributed by atoms with Gasteiger partial charge in [0.15, 0.2) is 0 Å². The minimum atomic E-state index is -0.879. The fourth-order valence-electron chi connectivity index (χ4n) is 3.78. The van der Waals surface area contributed by atoms with Crippen molar-refractivity contribution in [3.63, 3.8) is 0 Å². The smallest absolute Gasteiger partial charge is 0.338 e. The van der Waals surface area contributed by atoms with Gasteiger partial charge in [-0.2, -0.15) is 0 Å². The van der Waals surface area contributed by atoms with Crippen LogP contribution in [0, 0.1) is 0 Å². The molecular weight excluding hydrogens is 442 g/mol. The number of benzene rings is 3. The van der Waals surface area contributed by atoms with Gasteiger partial charge in [0.2, 0.25) is 0 Å². The number of aliphatic hydroxyl groups excluding tert-OH is 1. The molecule has 166 valence electrons. The van der Waals surface area contributed by atoms with Crippen molar-refractivity contribution in [2.75, 3.05) is 11.5 Å². The molecule has 1 heterocycles. The number of aliphatic hydroxyl groups is 1. The van der Waals surface area contributed by atoms with Gasteiger partial charge in [-0.05, 0) is 48.9 Å². The predicted molar refractivity (Wildman–Crippen MR) is 125 cm³/mol. The number of amides is 1. The number of hydrogen-bond donors (Lipinski definition) is 1. The Morgan fingerprint density at radius 2 is 1.58 bits per heavy atom. The lowest BCUT2D eigenvalue weighted by molar-refractivity contribution is -0.132. The van der Waals surface area contributed by atoms with Crippen LogP contribution >= 0.6 is 11.6 Å². The fraction of sp³-hybridized carbons (Fsp3) is 0.115. The summed E-state index contributed by atoms with van der Waals surface area (Å²) >= 11 is 6.04. The first-order chi connectivity index (χ1) is 15.9. The van der Waals surface area contributed by atoms with Crippen LogP contribution in [0.3, 0.4) is 0 Å². The highest BCUT2D eigenvalue weighted by Gasteiger charge is 2.46. The number of ether oxygens (including phenoxy) is 1. The number of esters is 1. The van der Waals surface area contributed by atoms with Gasteiger partial charge in [-0.25, -0.2) is 4.79 Å². The monoisotopic (exact) mass is 461 g/mol. The Kier molecular flexibility index (Phi) is 6.29. The van der Waals surface area contributed by atoms with Crippen molar-refractivity contribution in [2.45, 2.75) is 13.0 Å². The van der Waals surface area contributed by atoms with Crippen molar-refractivity contribution in [3.8, 4) is 0 Å². The van der Waals surface area contributed by atoms with E-state index in [-0.39, 0.29) is 17.9 Å². The van der Waals surface area contributed by atoms with E-state index in [9.17, 15) is 19.5 Å². The SMILES string of the molecule is CCOC(=O)c1ccc(N2C(=O)C(=O)/C(=C(/O)c3ccccc3)[C@@H]2c2ccc(Cl)cc2)cc1. The number of halogens is 1. The Labute approximate surface area is 195 Å². The summed E-state index contributed by atoms with van der Waals surface area (Å²) < 4.78 is 5.00. The van der Waals surface area contributed by atoms with Gasteiger partial charge in [-0.3, -0.25) is 14.5 Å². The maximum atomic E-state index is 13.1. The van der Waals surface area contributed by atoms with E-state index in [0.717, 1.165) is 0 Å². The third-order valence-electron chi connectivity index (χ3n) is 5.33. The zero-order chi connectivity index (χ0) is 23.5. The van der Waals surface area contributed by atoms with Crippen LogP contribution in [0.15, 0.2) is 84.4 Å². The van der Waals surface area contributed by atoms with E-state index in [1.807, 2.05) is 0 Å². The molecule has 1 N–H and O–H groups in total. The molecule has 6 nitrogen and oxygen atoms in total. The standard InChI is InChI=1S/C26H20ClNO5/c1-2-33-26(32)18-10-14-20(15-11-18)28-22(16-8-12-19(27)13-9-16)21(24(30)25(28)31)23(29)17-6-4-3-5-7-17/h3-15,22,29H,2H2,1H3/b23-21+/t22-/m0/s1. The van der Waals surface area contributed by atoms with Crippen LogP contribution in [-0.4, -0.2) is 29.4 Å². The molecule has 4 rings (SSSR count). The number of ketones is 1. The molecule has 1 amide bonds. The lowest BCUT2D eigenvalue weighted by Crippen LogP contribution is -2.29. The van der Waals surface area contributed by atoms with E-state index in [0.29, 0.717) is 27.4 Å². The molecule has 0 bridgehead atoms. The summed E-state index contributed by atoms with van der Waals surface area (Å²) in [5.41, 5.74) is 1.72. The van der Waals surface area contributed by atoms with Crippen LogP contribution < -0.4 is 4.90 Å². The molecule has 1 aliphatic rings. The lowest BCUT2D eigenvalue weighted by atomic mass is 9.95. The molecule has 3 aromatic rings. The van der Waals surface area contributed by atoms with Gasteiger partial charge in [-0.15, -0.1) is 0 Å². The summed E-state index contributed by atoms with van der Waals surface area (Å²) in [6.07, 6.45) is 0. The van der Waals surface area contributed by atoms with Crippen LogP contribution in [0.4, 0.5) is 5.69 Å². The second-order valence-electron chi connectivity index (χ2n) is 7.35. The summed E-state index contributed by atoms with van der Waals surface area (Å²) in [6.45, 7) is 1.95. The van der Waals surface area contributed by atoms with E-state index >= 15 is 0 Å². The van der Waals surface area contributed by atoms with Crippen molar-refractivity contribution >= 4 is 40.7 Å². The average molecular weight is 462 g/mol. The quantitative estimate of drug-likeness (QED) is 0.246. The van der Waals surface area contributed by atoms with Gasteiger partial charge in [0.1, 0.15) is 5.76 Å². The van der Waals surface area contributed by atoms with Crippen LogP contribution in [-0.2, 0) is 14.3 Å². The first-order valence-corrected chi connectivity index (χ1v) is 10.7. The summed E-state index contributed by atoms with van der Waals surface area (Å²) in [6, 6.07) is 20.6. The molecule has 7 heteroatoms. The molecule has 1 fully saturated rings. The Hall–Kier alpha value is -3.90. The third kappa shape index (κ3) is 4.25. The molecule has 1 atom stereocenters. The zero-order valence-electron chi connectivity index (χ0n) is 17.7. The third-order valence-corrected chi connectivity index (χ3v) is 5.59. The topological polar surface area (TPSA) is 83.9 Å². The van der Waals surface area contributed by atoms with E-state index in [2.05, 4.69) is 0 Å². The van der Waals surface area contributed by atoms with E-state index in [1.54, 1.807) is 73.7 Å². The van der Waals surface area contributed by atoms with Crippen LogP contribution in [0.5, 0.6) is 0 Å². The van der Waals surface area contributed by atoms with Crippen LogP contribution in [0.2, 0.25) is 5.02 Å². The molecule has 3 aromatic carbocycles. The summed E-state index contributed by atoms with van der Waals surface area (Å²) in [4.78, 5) is 39.6. The van der Waals surface area contributed by atoms with Crippen molar-refractivity contribution in [2.24, 2.45) is 0 Å². The summed E-state index contributed by atoms with van der Waals surface area (Å²) in [5, 5.41) is 11.5. The largest absolute Gasteiger partial charge is 0.507 e. The number of rotatable bonds is 5. The second-order valence-corrected chi connectivity index (χ2v) is 7.79. The molecule has 1 saturated heterocycles. The number of carbonyl (C=O) groups excluding carboxylic acids is 3. The number of carbonyl (C=O) groups is 3. The van der Waals surface area contributed by atoms with Crippen molar-refractivity contribution < 1.29 is 24.2 Å². The molecular formula is C26H20ClNO5. The number of anilines is 1. The molecule has 0 saturated carbocycles. The maximum absolute atomic E-state index is 13.1. The molecule has 0 spiro atoms. The minimum Gasteiger partial charge on any atom is -0.507 e. The molecule has 0 aliphatic carbocycles. The average Bonchev–Trinajstić information content (AvgIpc) is 3.10. The van der Waals surface area contributed by atoms with Gasteiger partial charge in [0.25, 0.3) is 11.7 Å². The Morgan fingerprint density at radius 1 is 0.939 bits per heavy atom. The van der Waals surface area contributed by atoms with Crippen LogP contribution in [0.25, 0.3) is 5.76 Å². The second kappa shape index (κ2) is 9.30. The highest BCUT2D eigenvalue weighted by Crippen LogP contribution is 2.42. The molecule has 0 radical (unpaired) electrons. The highest BCUT2D eigenvalue weighted by atomic mass is 35.5. The minimum absolute atomic E-state index is 0.0250. The van der Waals surface area contributed by atoms with Gasteiger partial charge in [0.05, 0.1) is 23.8 Å². The number of hydrogen-bond acceptors (Lipinski definition) is 5. The summed E-state index contributed by atoms with van der Waals surface area (Å²) in [7, 11) is 0. The first-order valence-electron chi connectivity index (χ1n) is 10.3. The Bertz CT molecular complexity index is 1230. The van der Waals surface area contributed by atoms with Crippen molar-refractivity contribution in [1.29, 1.82) is 0 Å². The molecule has 0 unspecified atom stereocenters. The van der Waals surface area contributed by atoms with E-state index in [4.69, 9.17) is 16.3 Å². The number of nitrogens with zero attached hydrogens (tertiary/aromatic N) is 1. The highest BCUT2D eigenvalue weighted by molar-refractivity contribution is 6.51. The van der Waals surface area contributed by atoms with Crippen LogP contribution in [0.1, 0.15) is 34.5 Å². The maximum Gasteiger partial charge on any atom is 0.338 e. The van der Waals surface area contributed by atoms with Crippen molar-refractivity contribution in [3.05, 3.63) is 106 Å². The van der Waals surface area contributed by atoms with E-state index in [1.165, 1.54) is 17.0 Å². The Balaban J connectivity index is 1.85. The van der Waals surface area contributed by atoms with Gasteiger partial charge < -0.3 is 9.84 Å². The normalized spacial score (nSPS) is 17.3. The number of Topliss-reactive ketones (excluding diaryl/α,β-unsaturated/α-hetero) is 1. The van der Waals surface area contributed by atoms with Gasteiger partial charge >= 0.3 is 5.97 Å².